The number of nitrogens with two attached hydrogens (primary N) is 1. The zero-order chi connectivity index (χ0) is 13.7. The van der Waals surface area contributed by atoms with E-state index in [9.17, 15) is 4.79 Å². The van der Waals surface area contributed by atoms with E-state index < -0.39 is 0 Å². The molecule has 1 fully saturated rings. The maximum absolute atomic E-state index is 11.7. The van der Waals surface area contributed by atoms with Crippen LogP contribution in [0.2, 0.25) is 0 Å². The number of nitrogens with one attached hydrogen (secondary N) is 1. The van der Waals surface area contributed by atoms with E-state index in [1.54, 1.807) is 6.07 Å². The smallest absolute Gasteiger partial charge is 0.250 e. The van der Waals surface area contributed by atoms with E-state index in [4.69, 9.17) is 15.2 Å². The number of aryl methyl sites for hydroxylation is 1. The lowest BCUT2D eigenvalue weighted by atomic mass is 10.1. The Labute approximate surface area is 125 Å². The Morgan fingerprint density at radius 3 is 3.05 bits per heavy atom. The number of amides is 1. The monoisotopic (exact) mass is 300 g/mol. The third-order valence-corrected chi connectivity index (χ3v) is 3.15. The second-order valence-electron chi connectivity index (χ2n) is 4.87. The molecule has 0 aromatic heterocycles. The number of carbonyl (C=O) groups is 1. The van der Waals surface area contributed by atoms with Crippen molar-refractivity contribution < 1.29 is 14.3 Å². The molecule has 1 saturated heterocycles. The van der Waals surface area contributed by atoms with Gasteiger partial charge in [-0.2, -0.15) is 0 Å². The number of rotatable bonds is 5. The van der Waals surface area contributed by atoms with E-state index in [0.717, 1.165) is 30.9 Å². The van der Waals surface area contributed by atoms with Gasteiger partial charge in [0.05, 0.1) is 13.2 Å². The first-order valence-corrected chi connectivity index (χ1v) is 6.46. The van der Waals surface area contributed by atoms with Crippen LogP contribution < -0.4 is 11.1 Å². The summed E-state index contributed by atoms with van der Waals surface area (Å²) in [5.41, 5.74) is 8.03. The molecule has 20 heavy (non-hydrogen) atoms. The molecular weight excluding hydrogens is 280 g/mol. The van der Waals surface area contributed by atoms with Crippen LogP contribution >= 0.6 is 12.4 Å². The van der Waals surface area contributed by atoms with Gasteiger partial charge in [0.2, 0.25) is 5.91 Å². The number of hydrogen-bond acceptors (Lipinski definition) is 4. The van der Waals surface area contributed by atoms with Gasteiger partial charge in [-0.25, -0.2) is 0 Å². The Hall–Kier alpha value is -1.30. The Kier molecular flexibility index (Phi) is 6.78. The van der Waals surface area contributed by atoms with E-state index in [2.05, 4.69) is 5.32 Å². The summed E-state index contributed by atoms with van der Waals surface area (Å²) in [7, 11) is 0. The zero-order valence-electron chi connectivity index (χ0n) is 11.6. The minimum Gasteiger partial charge on any atom is -0.399 e. The molecule has 5 nitrogen and oxygen atoms in total. The van der Waals surface area contributed by atoms with Crippen molar-refractivity contribution in [3.63, 3.8) is 0 Å². The predicted molar refractivity (Wildman–Crippen MR) is 81.2 cm³/mol. The van der Waals surface area contributed by atoms with E-state index in [1.165, 1.54) is 0 Å². The summed E-state index contributed by atoms with van der Waals surface area (Å²) in [4.78, 5) is 11.7. The van der Waals surface area contributed by atoms with Crippen LogP contribution in [0.3, 0.4) is 0 Å². The van der Waals surface area contributed by atoms with Gasteiger partial charge in [0.15, 0.2) is 0 Å². The summed E-state index contributed by atoms with van der Waals surface area (Å²) in [6, 6.07) is 5.43. The number of benzene rings is 1. The Morgan fingerprint density at radius 1 is 1.55 bits per heavy atom. The topological polar surface area (TPSA) is 73.6 Å². The third-order valence-electron chi connectivity index (χ3n) is 3.15. The number of carbonyl (C=O) groups excluding carboxylic acids is 1. The van der Waals surface area contributed by atoms with Gasteiger partial charge in [-0.1, -0.05) is 6.07 Å². The maximum atomic E-state index is 11.7. The summed E-state index contributed by atoms with van der Waals surface area (Å²) < 4.78 is 10.6. The molecule has 112 valence electrons. The van der Waals surface area contributed by atoms with Crippen molar-refractivity contribution in [1.29, 1.82) is 0 Å². The third kappa shape index (κ3) is 5.00. The number of halogens is 1. The first-order chi connectivity index (χ1) is 9.15. The predicted octanol–water partition coefficient (Wildman–Crippen LogP) is 1.99. The van der Waals surface area contributed by atoms with Crippen LogP contribution in [0.15, 0.2) is 18.2 Å². The fourth-order valence-corrected chi connectivity index (χ4v) is 1.99. The summed E-state index contributed by atoms with van der Waals surface area (Å²) >= 11 is 0. The lowest BCUT2D eigenvalue weighted by Crippen LogP contribution is -2.21. The summed E-state index contributed by atoms with van der Waals surface area (Å²) in [5.74, 6) is 0.259. The van der Waals surface area contributed by atoms with E-state index in [1.807, 2.05) is 19.1 Å². The second-order valence-corrected chi connectivity index (χ2v) is 4.87. The highest BCUT2D eigenvalue weighted by molar-refractivity contribution is 5.92. The normalized spacial score (nSPS) is 17.6. The molecule has 0 radical (unpaired) electrons. The molecule has 1 unspecified atom stereocenters. The molecule has 1 aliphatic heterocycles. The van der Waals surface area contributed by atoms with Crippen molar-refractivity contribution in [1.82, 2.24) is 0 Å². The van der Waals surface area contributed by atoms with Crippen molar-refractivity contribution in [3.05, 3.63) is 23.8 Å². The molecule has 3 N–H and O–H groups in total. The van der Waals surface area contributed by atoms with Crippen molar-refractivity contribution in [2.45, 2.75) is 13.3 Å². The summed E-state index contributed by atoms with van der Waals surface area (Å²) in [6.45, 7) is 4.08. The van der Waals surface area contributed by atoms with Gasteiger partial charge in [0, 0.05) is 23.9 Å². The van der Waals surface area contributed by atoms with Crippen LogP contribution in [-0.2, 0) is 14.3 Å². The van der Waals surface area contributed by atoms with Crippen molar-refractivity contribution in [2.24, 2.45) is 5.92 Å². The first kappa shape index (κ1) is 16.8. The number of hydrogen-bond donors (Lipinski definition) is 2. The second kappa shape index (κ2) is 8.09. The van der Waals surface area contributed by atoms with Gasteiger partial charge >= 0.3 is 0 Å². The fraction of sp³-hybridized carbons (Fsp3) is 0.500. The van der Waals surface area contributed by atoms with Crippen LogP contribution in [-0.4, -0.2) is 32.3 Å². The molecule has 1 amide bonds. The number of nitrogen functional groups attached to an aromatic ring is 1. The minimum absolute atomic E-state index is 0. The molecule has 1 atom stereocenters. The van der Waals surface area contributed by atoms with Gasteiger partial charge in [0.25, 0.3) is 0 Å². The molecule has 1 aliphatic rings. The quantitative estimate of drug-likeness (QED) is 0.816. The lowest BCUT2D eigenvalue weighted by molar-refractivity contribution is -0.121. The van der Waals surface area contributed by atoms with E-state index in [-0.39, 0.29) is 24.9 Å². The molecule has 1 aromatic rings. The van der Waals surface area contributed by atoms with E-state index >= 15 is 0 Å². The van der Waals surface area contributed by atoms with Crippen molar-refractivity contribution in [3.8, 4) is 0 Å². The van der Waals surface area contributed by atoms with Crippen LogP contribution in [0.25, 0.3) is 0 Å². The molecule has 0 bridgehead atoms. The zero-order valence-corrected chi connectivity index (χ0v) is 12.4. The molecule has 0 spiro atoms. The van der Waals surface area contributed by atoms with Crippen molar-refractivity contribution >= 4 is 29.7 Å². The van der Waals surface area contributed by atoms with Gasteiger partial charge < -0.3 is 20.5 Å². The standard InChI is InChI=1S/C14H20N2O3.ClH/c1-10-2-3-12(15)6-13(10)16-14(17)9-19-8-11-4-5-18-7-11;/h2-3,6,11H,4-5,7-9,15H2,1H3,(H,16,17);1H. The van der Waals surface area contributed by atoms with Gasteiger partial charge in [0.1, 0.15) is 6.61 Å². The highest BCUT2D eigenvalue weighted by Gasteiger charge is 2.16. The summed E-state index contributed by atoms with van der Waals surface area (Å²) in [5, 5.41) is 2.80. The minimum atomic E-state index is -0.160. The van der Waals surface area contributed by atoms with Crippen molar-refractivity contribution in [2.75, 3.05) is 37.5 Å². The largest absolute Gasteiger partial charge is 0.399 e. The number of anilines is 2. The molecule has 1 aromatic carbocycles. The Morgan fingerprint density at radius 2 is 2.35 bits per heavy atom. The molecule has 0 saturated carbocycles. The Balaban J connectivity index is 0.00000200. The Bertz CT molecular complexity index is 448. The number of ether oxygens (including phenoxy) is 2. The van der Waals surface area contributed by atoms with Crippen LogP contribution in [0.5, 0.6) is 0 Å². The van der Waals surface area contributed by atoms with Crippen LogP contribution in [0.1, 0.15) is 12.0 Å². The molecule has 6 heteroatoms. The van der Waals surface area contributed by atoms with Gasteiger partial charge in [-0.05, 0) is 31.0 Å². The molecule has 2 rings (SSSR count). The molecular formula is C14H21ClN2O3. The first-order valence-electron chi connectivity index (χ1n) is 6.46. The molecule has 0 aliphatic carbocycles. The maximum Gasteiger partial charge on any atom is 0.250 e. The summed E-state index contributed by atoms with van der Waals surface area (Å²) in [6.07, 6.45) is 1.01. The fourth-order valence-electron chi connectivity index (χ4n) is 1.99. The highest BCUT2D eigenvalue weighted by atomic mass is 35.5. The SMILES string of the molecule is Cc1ccc(N)cc1NC(=O)COCC1CCOC1.Cl. The average Bonchev–Trinajstić information content (AvgIpc) is 2.87. The van der Waals surface area contributed by atoms with Gasteiger partial charge in [-0.15, -0.1) is 12.4 Å². The average molecular weight is 301 g/mol. The van der Waals surface area contributed by atoms with E-state index in [0.29, 0.717) is 18.2 Å². The van der Waals surface area contributed by atoms with Crippen LogP contribution in [0, 0.1) is 12.8 Å². The van der Waals surface area contributed by atoms with Crippen LogP contribution in [0.4, 0.5) is 11.4 Å². The highest BCUT2D eigenvalue weighted by Crippen LogP contribution is 2.18. The lowest BCUT2D eigenvalue weighted by Gasteiger charge is -2.11. The van der Waals surface area contributed by atoms with Gasteiger partial charge in [-0.3, -0.25) is 4.79 Å². The molecule has 1 heterocycles.